The van der Waals surface area contributed by atoms with Gasteiger partial charge in [-0.3, -0.25) is 0 Å². The summed E-state index contributed by atoms with van der Waals surface area (Å²) in [6, 6.07) is 14.7. The maximum absolute atomic E-state index is 6.29. The second-order valence-electron chi connectivity index (χ2n) is 9.21. The standard InChI is InChI=1S/C24H37NO2SSi/c1-19-15-16-22(28-18-21-13-9-8-10-14-21)23(25-19)27-20(2)12-11-17-26-29(6,7)24(3,4)5/h8-10,13-16,20H,11-12,17-18H2,1-7H3. The van der Waals surface area contributed by atoms with Gasteiger partial charge in [-0.05, 0) is 62.5 Å². The molecular weight excluding hydrogens is 394 g/mol. The third-order valence-electron chi connectivity index (χ3n) is 5.54. The minimum atomic E-state index is -1.67. The number of ether oxygens (including phenoxy) is 1. The Morgan fingerprint density at radius 3 is 2.41 bits per heavy atom. The van der Waals surface area contributed by atoms with Gasteiger partial charge in [-0.2, -0.15) is 0 Å². The zero-order valence-corrected chi connectivity index (χ0v) is 20.9. The van der Waals surface area contributed by atoms with E-state index in [1.54, 1.807) is 11.8 Å². The van der Waals surface area contributed by atoms with Crippen molar-refractivity contribution >= 4 is 20.1 Å². The highest BCUT2D eigenvalue weighted by atomic mass is 32.2. The summed E-state index contributed by atoms with van der Waals surface area (Å²) in [5.74, 6) is 1.67. The smallest absolute Gasteiger partial charge is 0.227 e. The van der Waals surface area contributed by atoms with Crippen LogP contribution in [-0.2, 0) is 10.2 Å². The Labute approximate surface area is 182 Å². The SMILES string of the molecule is Cc1ccc(SCc2ccccc2)c(OC(C)CCCO[Si](C)(C)C(C)(C)C)n1. The van der Waals surface area contributed by atoms with Crippen molar-refractivity contribution < 1.29 is 9.16 Å². The zero-order chi connectivity index (χ0) is 21.5. The average molecular weight is 432 g/mol. The second-order valence-corrected chi connectivity index (χ2v) is 15.0. The number of pyridine rings is 1. The molecule has 1 atom stereocenters. The Morgan fingerprint density at radius 2 is 1.76 bits per heavy atom. The number of aromatic nitrogens is 1. The Morgan fingerprint density at radius 1 is 1.07 bits per heavy atom. The molecule has 29 heavy (non-hydrogen) atoms. The summed E-state index contributed by atoms with van der Waals surface area (Å²) in [5, 5.41) is 0.255. The van der Waals surface area contributed by atoms with Crippen LogP contribution in [0.15, 0.2) is 47.4 Å². The average Bonchev–Trinajstić information content (AvgIpc) is 2.64. The predicted molar refractivity (Wildman–Crippen MR) is 127 cm³/mol. The van der Waals surface area contributed by atoms with Crippen LogP contribution in [0.25, 0.3) is 0 Å². The van der Waals surface area contributed by atoms with E-state index in [4.69, 9.17) is 9.16 Å². The van der Waals surface area contributed by atoms with Gasteiger partial charge in [0.25, 0.3) is 0 Å². The molecule has 0 radical (unpaired) electrons. The Bertz CT molecular complexity index is 759. The van der Waals surface area contributed by atoms with Gasteiger partial charge >= 0.3 is 0 Å². The normalized spacial score (nSPS) is 13.3. The van der Waals surface area contributed by atoms with Crippen LogP contribution >= 0.6 is 11.8 Å². The fraction of sp³-hybridized carbons (Fsp3) is 0.542. The summed E-state index contributed by atoms with van der Waals surface area (Å²) in [7, 11) is -1.67. The van der Waals surface area contributed by atoms with E-state index >= 15 is 0 Å². The number of nitrogens with zero attached hydrogens (tertiary/aromatic N) is 1. The molecule has 0 aliphatic rings. The molecule has 1 aromatic heterocycles. The van der Waals surface area contributed by atoms with Crippen LogP contribution in [0.5, 0.6) is 5.88 Å². The van der Waals surface area contributed by atoms with Crippen molar-refractivity contribution in [3.8, 4) is 5.88 Å². The Balaban J connectivity index is 1.87. The molecule has 5 heteroatoms. The van der Waals surface area contributed by atoms with E-state index in [-0.39, 0.29) is 11.1 Å². The third kappa shape index (κ3) is 7.80. The van der Waals surface area contributed by atoms with E-state index in [0.29, 0.717) is 0 Å². The lowest BCUT2D eigenvalue weighted by atomic mass is 10.2. The molecule has 2 rings (SSSR count). The van der Waals surface area contributed by atoms with Crippen molar-refractivity contribution in [1.82, 2.24) is 4.98 Å². The van der Waals surface area contributed by atoms with Crippen LogP contribution < -0.4 is 4.74 Å². The van der Waals surface area contributed by atoms with Crippen LogP contribution in [0, 0.1) is 6.92 Å². The summed E-state index contributed by atoms with van der Waals surface area (Å²) in [4.78, 5) is 5.76. The van der Waals surface area contributed by atoms with Crippen LogP contribution in [0.2, 0.25) is 18.1 Å². The number of hydrogen-bond donors (Lipinski definition) is 0. The van der Waals surface area contributed by atoms with E-state index in [0.717, 1.165) is 41.7 Å². The van der Waals surface area contributed by atoms with Crippen molar-refractivity contribution in [2.75, 3.05) is 6.61 Å². The van der Waals surface area contributed by atoms with Crippen molar-refractivity contribution in [1.29, 1.82) is 0 Å². The molecule has 0 aliphatic heterocycles. The lowest BCUT2D eigenvalue weighted by molar-refractivity contribution is 0.179. The van der Waals surface area contributed by atoms with Crippen LogP contribution in [-0.4, -0.2) is 26.0 Å². The first-order valence-corrected chi connectivity index (χ1v) is 14.4. The van der Waals surface area contributed by atoms with Gasteiger partial charge in [-0.15, -0.1) is 11.8 Å². The fourth-order valence-corrected chi connectivity index (χ4v) is 4.60. The van der Waals surface area contributed by atoms with Crippen molar-refractivity contribution in [2.45, 2.75) is 82.3 Å². The van der Waals surface area contributed by atoms with Crippen LogP contribution in [0.1, 0.15) is 51.8 Å². The van der Waals surface area contributed by atoms with Gasteiger partial charge in [0.1, 0.15) is 0 Å². The summed E-state index contributed by atoms with van der Waals surface area (Å²) < 4.78 is 12.5. The molecule has 160 valence electrons. The molecule has 1 unspecified atom stereocenters. The van der Waals surface area contributed by atoms with Gasteiger partial charge in [0.2, 0.25) is 5.88 Å². The second kappa shape index (κ2) is 10.6. The minimum absolute atomic E-state index is 0.114. The molecule has 1 heterocycles. The largest absolute Gasteiger partial charge is 0.474 e. The lowest BCUT2D eigenvalue weighted by Crippen LogP contribution is -2.41. The van der Waals surface area contributed by atoms with Crippen LogP contribution in [0.3, 0.4) is 0 Å². The van der Waals surface area contributed by atoms with Gasteiger partial charge < -0.3 is 9.16 Å². The first-order valence-electron chi connectivity index (χ1n) is 10.5. The fourth-order valence-electron chi connectivity index (χ4n) is 2.61. The monoisotopic (exact) mass is 431 g/mol. The number of hydrogen-bond acceptors (Lipinski definition) is 4. The van der Waals surface area contributed by atoms with Gasteiger partial charge in [0.05, 0.1) is 11.0 Å². The highest BCUT2D eigenvalue weighted by Crippen LogP contribution is 2.36. The van der Waals surface area contributed by atoms with E-state index < -0.39 is 8.32 Å². The van der Waals surface area contributed by atoms with Crippen molar-refractivity contribution in [3.63, 3.8) is 0 Å². The molecule has 0 spiro atoms. The number of aryl methyl sites for hydroxylation is 1. The lowest BCUT2D eigenvalue weighted by Gasteiger charge is -2.36. The molecule has 0 saturated heterocycles. The molecule has 2 aromatic rings. The van der Waals surface area contributed by atoms with E-state index in [2.05, 4.69) is 82.2 Å². The third-order valence-corrected chi connectivity index (χ3v) is 11.2. The zero-order valence-electron chi connectivity index (χ0n) is 19.1. The Hall–Kier alpha value is -1.30. The topological polar surface area (TPSA) is 31.4 Å². The molecule has 0 amide bonds. The molecule has 1 aromatic carbocycles. The van der Waals surface area contributed by atoms with Crippen LogP contribution in [0.4, 0.5) is 0 Å². The minimum Gasteiger partial charge on any atom is -0.474 e. The summed E-state index contributed by atoms with van der Waals surface area (Å²) >= 11 is 1.78. The maximum atomic E-state index is 6.29. The maximum Gasteiger partial charge on any atom is 0.227 e. The van der Waals surface area contributed by atoms with E-state index in [1.807, 2.05) is 13.0 Å². The highest BCUT2D eigenvalue weighted by Gasteiger charge is 2.36. The number of benzene rings is 1. The van der Waals surface area contributed by atoms with Gasteiger partial charge in [-0.1, -0.05) is 51.1 Å². The molecular formula is C24H37NO2SSi. The van der Waals surface area contributed by atoms with Gasteiger partial charge in [0, 0.05) is 18.1 Å². The van der Waals surface area contributed by atoms with Gasteiger partial charge in [-0.25, -0.2) is 4.98 Å². The first kappa shape index (κ1) is 24.0. The predicted octanol–water partition coefficient (Wildman–Crippen LogP) is 7.25. The summed E-state index contributed by atoms with van der Waals surface area (Å²) in [6.07, 6.45) is 2.09. The summed E-state index contributed by atoms with van der Waals surface area (Å²) in [6.45, 7) is 16.4. The van der Waals surface area contributed by atoms with Crippen molar-refractivity contribution in [3.05, 3.63) is 53.7 Å². The first-order chi connectivity index (χ1) is 13.6. The number of thioether (sulfide) groups is 1. The quantitative estimate of drug-likeness (QED) is 0.225. The van der Waals surface area contributed by atoms with E-state index in [1.165, 1.54) is 5.56 Å². The van der Waals surface area contributed by atoms with E-state index in [9.17, 15) is 0 Å². The highest BCUT2D eigenvalue weighted by molar-refractivity contribution is 7.98. The number of rotatable bonds is 10. The molecule has 0 N–H and O–H groups in total. The molecule has 3 nitrogen and oxygen atoms in total. The molecule has 0 aliphatic carbocycles. The summed E-state index contributed by atoms with van der Waals surface area (Å²) in [5.41, 5.74) is 2.29. The molecule has 0 bridgehead atoms. The van der Waals surface area contributed by atoms with Gasteiger partial charge in [0.15, 0.2) is 8.32 Å². The molecule has 0 saturated carbocycles. The van der Waals surface area contributed by atoms with Crippen molar-refractivity contribution in [2.24, 2.45) is 0 Å². The Kier molecular flexibility index (Phi) is 8.80. The molecule has 0 fully saturated rings.